The number of anilines is 1. The molecule has 0 radical (unpaired) electrons. The van der Waals surface area contributed by atoms with E-state index >= 15 is 0 Å². The van der Waals surface area contributed by atoms with Gasteiger partial charge in [-0.25, -0.2) is 9.59 Å². The first-order valence-electron chi connectivity index (χ1n) is 7.38. The Morgan fingerprint density at radius 3 is 2.38 bits per heavy atom. The van der Waals surface area contributed by atoms with Crippen LogP contribution in [-0.2, 0) is 9.47 Å². The van der Waals surface area contributed by atoms with E-state index in [0.29, 0.717) is 24.5 Å². The van der Waals surface area contributed by atoms with Gasteiger partial charge in [0.15, 0.2) is 0 Å². The highest BCUT2D eigenvalue weighted by Gasteiger charge is 2.09. The summed E-state index contributed by atoms with van der Waals surface area (Å²) in [5, 5.41) is 2.59. The number of unbranched alkanes of at least 4 members (excludes halogenated alkanes) is 2. The molecule has 0 aliphatic carbocycles. The number of esters is 1. The normalized spacial score (nSPS) is 10.0. The SMILES string of the molecule is CCCCOC(=O)Nc1cccc(C(=O)OCCCC)c1. The standard InChI is InChI=1S/C16H23NO4/c1-3-5-10-20-15(18)13-8-7-9-14(12-13)17-16(19)21-11-6-4-2/h7-9,12H,3-6,10-11H2,1-2H3,(H,17,19). The van der Waals surface area contributed by atoms with Crippen molar-refractivity contribution < 1.29 is 19.1 Å². The molecule has 116 valence electrons. The molecular weight excluding hydrogens is 270 g/mol. The quantitative estimate of drug-likeness (QED) is 0.581. The molecule has 0 aromatic heterocycles. The average molecular weight is 293 g/mol. The largest absolute Gasteiger partial charge is 0.462 e. The Labute approximate surface area is 125 Å². The fourth-order valence-electron chi connectivity index (χ4n) is 1.58. The molecule has 1 aromatic carbocycles. The van der Waals surface area contributed by atoms with Gasteiger partial charge in [0.2, 0.25) is 0 Å². The molecule has 0 saturated carbocycles. The van der Waals surface area contributed by atoms with Gasteiger partial charge in [0, 0.05) is 5.69 Å². The van der Waals surface area contributed by atoms with Gasteiger partial charge in [-0.05, 0) is 31.0 Å². The van der Waals surface area contributed by atoms with Crippen molar-refractivity contribution in [2.24, 2.45) is 0 Å². The minimum Gasteiger partial charge on any atom is -0.462 e. The highest BCUT2D eigenvalue weighted by Crippen LogP contribution is 2.12. The third-order valence-corrected chi connectivity index (χ3v) is 2.81. The molecular formula is C16H23NO4. The number of hydrogen-bond donors (Lipinski definition) is 1. The maximum absolute atomic E-state index is 11.8. The summed E-state index contributed by atoms with van der Waals surface area (Å²) in [6.45, 7) is 4.85. The molecule has 0 aliphatic heterocycles. The molecule has 1 N–H and O–H groups in total. The first kappa shape index (κ1) is 17.0. The zero-order chi connectivity index (χ0) is 15.5. The molecule has 5 heteroatoms. The van der Waals surface area contributed by atoms with Crippen molar-refractivity contribution in [3.8, 4) is 0 Å². The van der Waals surface area contributed by atoms with E-state index in [0.717, 1.165) is 25.7 Å². The first-order chi connectivity index (χ1) is 10.2. The van der Waals surface area contributed by atoms with Crippen molar-refractivity contribution in [3.63, 3.8) is 0 Å². The van der Waals surface area contributed by atoms with Gasteiger partial charge in [-0.3, -0.25) is 5.32 Å². The van der Waals surface area contributed by atoms with E-state index in [1.54, 1.807) is 24.3 Å². The highest BCUT2D eigenvalue weighted by atomic mass is 16.5. The van der Waals surface area contributed by atoms with Crippen molar-refractivity contribution in [3.05, 3.63) is 29.8 Å². The molecule has 0 saturated heterocycles. The average Bonchev–Trinajstić information content (AvgIpc) is 2.48. The summed E-state index contributed by atoms with van der Waals surface area (Å²) in [7, 11) is 0. The lowest BCUT2D eigenvalue weighted by molar-refractivity contribution is 0.0499. The lowest BCUT2D eigenvalue weighted by Crippen LogP contribution is -2.15. The lowest BCUT2D eigenvalue weighted by Gasteiger charge is -2.08. The van der Waals surface area contributed by atoms with Crippen LogP contribution in [0.4, 0.5) is 10.5 Å². The number of benzene rings is 1. The molecule has 0 bridgehead atoms. The maximum atomic E-state index is 11.8. The number of rotatable bonds is 8. The second-order valence-corrected chi connectivity index (χ2v) is 4.68. The van der Waals surface area contributed by atoms with Crippen LogP contribution in [0.25, 0.3) is 0 Å². The number of nitrogens with one attached hydrogen (secondary N) is 1. The molecule has 21 heavy (non-hydrogen) atoms. The van der Waals surface area contributed by atoms with Gasteiger partial charge >= 0.3 is 12.1 Å². The Morgan fingerprint density at radius 2 is 1.71 bits per heavy atom. The molecule has 1 aromatic rings. The van der Waals surface area contributed by atoms with E-state index in [-0.39, 0.29) is 5.97 Å². The molecule has 0 atom stereocenters. The lowest BCUT2D eigenvalue weighted by atomic mass is 10.2. The number of carbonyl (C=O) groups excluding carboxylic acids is 2. The van der Waals surface area contributed by atoms with E-state index in [2.05, 4.69) is 5.32 Å². The zero-order valence-electron chi connectivity index (χ0n) is 12.7. The number of amides is 1. The molecule has 5 nitrogen and oxygen atoms in total. The Morgan fingerprint density at radius 1 is 1.05 bits per heavy atom. The van der Waals surface area contributed by atoms with Crippen LogP contribution in [0.15, 0.2) is 24.3 Å². The predicted octanol–water partition coefficient (Wildman–Crippen LogP) is 3.99. The van der Waals surface area contributed by atoms with Crippen LogP contribution in [0.3, 0.4) is 0 Å². The van der Waals surface area contributed by atoms with Crippen LogP contribution < -0.4 is 5.32 Å². The summed E-state index contributed by atoms with van der Waals surface area (Å²) < 4.78 is 10.1. The smallest absolute Gasteiger partial charge is 0.411 e. The van der Waals surface area contributed by atoms with Gasteiger partial charge in [-0.1, -0.05) is 32.8 Å². The van der Waals surface area contributed by atoms with Crippen molar-refractivity contribution in [2.75, 3.05) is 18.5 Å². The van der Waals surface area contributed by atoms with E-state index < -0.39 is 6.09 Å². The zero-order valence-corrected chi connectivity index (χ0v) is 12.7. The van der Waals surface area contributed by atoms with Crippen LogP contribution in [0.1, 0.15) is 49.9 Å². The molecule has 0 aliphatic rings. The minimum absolute atomic E-state index is 0.383. The summed E-state index contributed by atoms with van der Waals surface area (Å²) in [4.78, 5) is 23.3. The molecule has 0 heterocycles. The van der Waals surface area contributed by atoms with Gasteiger partial charge in [-0.15, -0.1) is 0 Å². The van der Waals surface area contributed by atoms with Gasteiger partial charge in [0.1, 0.15) is 0 Å². The molecule has 0 fully saturated rings. The topological polar surface area (TPSA) is 64.6 Å². The van der Waals surface area contributed by atoms with Crippen LogP contribution in [0.5, 0.6) is 0 Å². The summed E-state index contributed by atoms with van der Waals surface area (Å²) >= 11 is 0. The van der Waals surface area contributed by atoms with Crippen LogP contribution in [-0.4, -0.2) is 25.3 Å². The number of ether oxygens (including phenoxy) is 2. The number of carbonyl (C=O) groups is 2. The van der Waals surface area contributed by atoms with Crippen LogP contribution in [0, 0.1) is 0 Å². The van der Waals surface area contributed by atoms with Crippen molar-refractivity contribution in [2.45, 2.75) is 39.5 Å². The van der Waals surface area contributed by atoms with E-state index in [4.69, 9.17) is 9.47 Å². The van der Waals surface area contributed by atoms with E-state index in [1.165, 1.54) is 0 Å². The first-order valence-corrected chi connectivity index (χ1v) is 7.38. The summed E-state index contributed by atoms with van der Waals surface area (Å²) in [6.07, 6.45) is 3.09. The van der Waals surface area contributed by atoms with Gasteiger partial charge in [0.05, 0.1) is 18.8 Å². The fourth-order valence-corrected chi connectivity index (χ4v) is 1.58. The van der Waals surface area contributed by atoms with Crippen molar-refractivity contribution in [1.82, 2.24) is 0 Å². The van der Waals surface area contributed by atoms with E-state index in [1.807, 2.05) is 13.8 Å². The monoisotopic (exact) mass is 293 g/mol. The fraction of sp³-hybridized carbons (Fsp3) is 0.500. The summed E-state index contributed by atoms with van der Waals surface area (Å²) in [6, 6.07) is 6.62. The van der Waals surface area contributed by atoms with Crippen molar-refractivity contribution in [1.29, 1.82) is 0 Å². The van der Waals surface area contributed by atoms with Gasteiger partial charge in [0.25, 0.3) is 0 Å². The molecule has 0 spiro atoms. The highest BCUT2D eigenvalue weighted by molar-refractivity contribution is 5.92. The van der Waals surface area contributed by atoms with Crippen LogP contribution >= 0.6 is 0 Å². The third-order valence-electron chi connectivity index (χ3n) is 2.81. The minimum atomic E-state index is -0.514. The Balaban J connectivity index is 2.51. The Bertz CT molecular complexity index is 459. The summed E-state index contributed by atoms with van der Waals surface area (Å²) in [5.41, 5.74) is 0.930. The molecule has 0 unspecified atom stereocenters. The predicted molar refractivity (Wildman–Crippen MR) is 81.5 cm³/mol. The Kier molecular flexibility index (Phi) is 7.94. The third kappa shape index (κ3) is 6.79. The van der Waals surface area contributed by atoms with E-state index in [9.17, 15) is 9.59 Å². The molecule has 1 amide bonds. The maximum Gasteiger partial charge on any atom is 0.411 e. The van der Waals surface area contributed by atoms with Crippen molar-refractivity contribution >= 4 is 17.7 Å². The number of hydrogen-bond acceptors (Lipinski definition) is 4. The van der Waals surface area contributed by atoms with Crippen LogP contribution in [0.2, 0.25) is 0 Å². The molecule has 1 rings (SSSR count). The summed E-state index contributed by atoms with van der Waals surface area (Å²) in [5.74, 6) is -0.383. The van der Waals surface area contributed by atoms with Gasteiger partial charge < -0.3 is 9.47 Å². The Hall–Kier alpha value is -2.04. The second-order valence-electron chi connectivity index (χ2n) is 4.68. The second kappa shape index (κ2) is 9.80. The van der Waals surface area contributed by atoms with Gasteiger partial charge in [-0.2, -0.15) is 0 Å².